The molecule has 0 aliphatic heterocycles. The van der Waals surface area contributed by atoms with E-state index in [2.05, 4.69) is 20.7 Å². The van der Waals surface area contributed by atoms with E-state index in [-0.39, 0.29) is 17.7 Å². The van der Waals surface area contributed by atoms with E-state index in [1.54, 1.807) is 37.3 Å². The fourth-order valence-corrected chi connectivity index (χ4v) is 3.54. The molecule has 0 saturated heterocycles. The number of hydrogen-bond donors (Lipinski definition) is 1. The van der Waals surface area contributed by atoms with E-state index < -0.39 is 23.3 Å². The van der Waals surface area contributed by atoms with Gasteiger partial charge in [-0.2, -0.15) is 0 Å². The fourth-order valence-electron chi connectivity index (χ4n) is 3.42. The van der Waals surface area contributed by atoms with Crippen LogP contribution >= 0.6 is 11.6 Å². The summed E-state index contributed by atoms with van der Waals surface area (Å²) in [5, 5.41) is 27.3. The maximum atomic E-state index is 14.6. The molecule has 30 heavy (non-hydrogen) atoms. The van der Waals surface area contributed by atoms with Gasteiger partial charge in [0.2, 0.25) is 0 Å². The molecule has 2 aromatic carbocycles. The van der Waals surface area contributed by atoms with Crippen LogP contribution < -0.4 is 0 Å². The summed E-state index contributed by atoms with van der Waals surface area (Å²) in [6.45, 7) is 1.66. The largest absolute Gasteiger partial charge is 0.382 e. The Morgan fingerprint density at radius 1 is 1.17 bits per heavy atom. The van der Waals surface area contributed by atoms with E-state index in [0.717, 1.165) is 11.6 Å². The van der Waals surface area contributed by atoms with Gasteiger partial charge < -0.3 is 9.63 Å². The highest BCUT2D eigenvalue weighted by atomic mass is 35.5. The van der Waals surface area contributed by atoms with Crippen LogP contribution in [0.15, 0.2) is 59.4 Å². The fraction of sp³-hybridized carbons (Fsp3) is 0.200. The van der Waals surface area contributed by atoms with E-state index in [0.29, 0.717) is 16.8 Å². The van der Waals surface area contributed by atoms with Crippen LogP contribution in [0.3, 0.4) is 0 Å². The number of aliphatic hydroxyl groups is 1. The van der Waals surface area contributed by atoms with Gasteiger partial charge in [0, 0.05) is 28.3 Å². The average molecular weight is 432 g/mol. The van der Waals surface area contributed by atoms with Crippen LogP contribution in [0.2, 0.25) is 5.02 Å². The van der Waals surface area contributed by atoms with E-state index in [1.165, 1.54) is 17.1 Å². The van der Waals surface area contributed by atoms with Crippen molar-refractivity contribution in [2.75, 3.05) is 0 Å². The van der Waals surface area contributed by atoms with Crippen molar-refractivity contribution in [3.05, 3.63) is 82.8 Å². The molecule has 0 bridgehead atoms. The summed E-state index contributed by atoms with van der Waals surface area (Å²) in [7, 11) is 0. The summed E-state index contributed by atoms with van der Waals surface area (Å²) in [5.74, 6) is -1.45. The molecule has 0 fully saturated rings. The Labute approximate surface area is 174 Å². The van der Waals surface area contributed by atoms with Gasteiger partial charge in [0.15, 0.2) is 5.76 Å². The summed E-state index contributed by atoms with van der Waals surface area (Å²) in [4.78, 5) is 0. The molecule has 2 atom stereocenters. The zero-order valence-electron chi connectivity index (χ0n) is 15.7. The summed E-state index contributed by atoms with van der Waals surface area (Å²) < 4.78 is 34.9. The number of tetrazole rings is 1. The van der Waals surface area contributed by atoms with Crippen LogP contribution in [0.1, 0.15) is 30.7 Å². The van der Waals surface area contributed by atoms with Crippen LogP contribution in [0.5, 0.6) is 0 Å². The minimum absolute atomic E-state index is 0.0526. The topological polar surface area (TPSA) is 89.9 Å². The first-order valence-corrected chi connectivity index (χ1v) is 9.43. The predicted octanol–water partition coefficient (Wildman–Crippen LogP) is 4.15. The number of nitrogens with zero attached hydrogens (tertiary/aromatic N) is 5. The molecule has 1 N–H and O–H groups in total. The summed E-state index contributed by atoms with van der Waals surface area (Å²) in [6, 6.07) is 10.5. The molecule has 0 aliphatic rings. The maximum absolute atomic E-state index is 14.6. The second kappa shape index (κ2) is 7.92. The molecule has 0 radical (unpaired) electrons. The third-order valence-corrected chi connectivity index (χ3v) is 5.21. The van der Waals surface area contributed by atoms with Gasteiger partial charge in [-0.05, 0) is 35.0 Å². The first kappa shape index (κ1) is 20.1. The van der Waals surface area contributed by atoms with Crippen LogP contribution in [-0.4, -0.2) is 30.5 Å². The Bertz CT molecular complexity index is 1150. The van der Waals surface area contributed by atoms with Crippen LogP contribution in [0.25, 0.3) is 11.3 Å². The second-order valence-corrected chi connectivity index (χ2v) is 7.15. The minimum Gasteiger partial charge on any atom is -0.382 e. The number of rotatable bonds is 6. The second-order valence-electron chi connectivity index (χ2n) is 6.72. The van der Waals surface area contributed by atoms with Gasteiger partial charge >= 0.3 is 0 Å². The lowest BCUT2D eigenvalue weighted by atomic mass is 9.82. The zero-order valence-corrected chi connectivity index (χ0v) is 16.5. The van der Waals surface area contributed by atoms with Gasteiger partial charge in [0.1, 0.15) is 35.3 Å². The standard InChI is InChI=1S/C20H16ClF2N5O2/c1-2-20(29,15-8-7-14(22)9-16(15)23)19(28-11-24-26-27-28)18-10-17(25-30-18)12-3-5-13(21)6-4-12/h3-11,19,29H,2H2,1H3. The lowest BCUT2D eigenvalue weighted by molar-refractivity contribution is -0.0231. The molecule has 0 aliphatic carbocycles. The molecule has 2 heterocycles. The normalized spacial score (nSPS) is 14.4. The van der Waals surface area contributed by atoms with Crippen molar-refractivity contribution >= 4 is 11.6 Å². The van der Waals surface area contributed by atoms with Crippen molar-refractivity contribution < 1.29 is 18.4 Å². The molecule has 7 nitrogen and oxygen atoms in total. The van der Waals surface area contributed by atoms with Crippen LogP contribution in [-0.2, 0) is 5.60 Å². The highest BCUT2D eigenvalue weighted by molar-refractivity contribution is 6.30. The number of benzene rings is 2. The summed E-state index contributed by atoms with van der Waals surface area (Å²) in [5.41, 5.74) is -0.753. The lowest BCUT2D eigenvalue weighted by Gasteiger charge is -2.34. The quantitative estimate of drug-likeness (QED) is 0.493. The maximum Gasteiger partial charge on any atom is 0.165 e. The highest BCUT2D eigenvalue weighted by Gasteiger charge is 2.44. The molecule has 4 rings (SSSR count). The molecular formula is C20H16ClF2N5O2. The van der Waals surface area contributed by atoms with Crippen molar-refractivity contribution in [1.29, 1.82) is 0 Å². The van der Waals surface area contributed by atoms with Crippen molar-refractivity contribution in [3.63, 3.8) is 0 Å². The average Bonchev–Trinajstić information content (AvgIpc) is 3.41. The van der Waals surface area contributed by atoms with Crippen molar-refractivity contribution in [3.8, 4) is 11.3 Å². The molecule has 0 spiro atoms. The molecule has 154 valence electrons. The molecule has 2 unspecified atom stereocenters. The Morgan fingerprint density at radius 2 is 1.93 bits per heavy atom. The van der Waals surface area contributed by atoms with Gasteiger partial charge in [-0.1, -0.05) is 41.9 Å². The first-order valence-electron chi connectivity index (χ1n) is 9.05. The first-order chi connectivity index (χ1) is 14.4. The van der Waals surface area contributed by atoms with E-state index in [9.17, 15) is 13.9 Å². The Kier molecular flexibility index (Phi) is 5.31. The van der Waals surface area contributed by atoms with E-state index in [4.69, 9.17) is 16.1 Å². The van der Waals surface area contributed by atoms with Gasteiger partial charge in [0.25, 0.3) is 0 Å². The van der Waals surface area contributed by atoms with Crippen molar-refractivity contribution in [2.24, 2.45) is 0 Å². The highest BCUT2D eigenvalue weighted by Crippen LogP contribution is 2.42. The van der Waals surface area contributed by atoms with Crippen molar-refractivity contribution in [2.45, 2.75) is 25.0 Å². The Morgan fingerprint density at radius 3 is 2.57 bits per heavy atom. The monoisotopic (exact) mass is 431 g/mol. The molecule has 4 aromatic rings. The SMILES string of the molecule is CCC(O)(c1ccc(F)cc1F)C(c1cc(-c2ccc(Cl)cc2)no1)n1cnnn1. The Balaban J connectivity index is 1.84. The van der Waals surface area contributed by atoms with Gasteiger partial charge in [0.05, 0.1) is 0 Å². The zero-order chi connectivity index (χ0) is 21.3. The predicted molar refractivity (Wildman–Crippen MR) is 103 cm³/mol. The van der Waals surface area contributed by atoms with Crippen LogP contribution in [0, 0.1) is 11.6 Å². The molecular weight excluding hydrogens is 416 g/mol. The third-order valence-electron chi connectivity index (χ3n) is 4.96. The number of hydrogen-bond acceptors (Lipinski definition) is 6. The molecule has 0 saturated carbocycles. The van der Waals surface area contributed by atoms with E-state index >= 15 is 0 Å². The summed E-state index contributed by atoms with van der Waals surface area (Å²) in [6.07, 6.45) is 1.33. The molecule has 10 heteroatoms. The van der Waals surface area contributed by atoms with Gasteiger partial charge in [-0.25, -0.2) is 13.5 Å². The molecule has 2 aromatic heterocycles. The van der Waals surface area contributed by atoms with Crippen LogP contribution in [0.4, 0.5) is 8.78 Å². The minimum atomic E-state index is -1.86. The van der Waals surface area contributed by atoms with Gasteiger partial charge in [-0.15, -0.1) is 5.10 Å². The van der Waals surface area contributed by atoms with Crippen molar-refractivity contribution in [1.82, 2.24) is 25.4 Å². The lowest BCUT2D eigenvalue weighted by Crippen LogP contribution is -2.38. The number of halogens is 3. The third kappa shape index (κ3) is 3.57. The Hall–Kier alpha value is -3.17. The van der Waals surface area contributed by atoms with E-state index in [1.807, 2.05) is 0 Å². The van der Waals surface area contributed by atoms with Gasteiger partial charge in [-0.3, -0.25) is 0 Å². The number of aromatic nitrogens is 5. The smallest absolute Gasteiger partial charge is 0.165 e. The summed E-state index contributed by atoms with van der Waals surface area (Å²) >= 11 is 5.93. The molecule has 0 amide bonds.